The Bertz CT molecular complexity index is 739. The number of likely N-dealkylation sites (tertiary alicyclic amines) is 1. The number of unbranched alkanes of at least 4 members (excludes halogenated alkanes) is 2. The standard InChI is InChI=1S/C28H41NO2/c1-3-5-12-22-31-26-17-15-25(16-18-26)28(30,19-4-2)27(24-13-8-6-9-14-24)23-29-20-10-7-11-21-29/h6,8-9,13-18,27,30H,3-5,7,10-12,19-23H2,1-2H3/t27-,28-/m1/s1. The van der Waals surface area contributed by atoms with Gasteiger partial charge in [0.1, 0.15) is 5.75 Å². The monoisotopic (exact) mass is 423 g/mol. The number of nitrogens with zero attached hydrogens (tertiary/aromatic N) is 1. The van der Waals surface area contributed by atoms with Crippen molar-refractivity contribution in [2.24, 2.45) is 0 Å². The molecule has 1 fully saturated rings. The quantitative estimate of drug-likeness (QED) is 0.395. The summed E-state index contributed by atoms with van der Waals surface area (Å²) >= 11 is 0. The number of hydrogen-bond donors (Lipinski definition) is 1. The number of piperidine rings is 1. The Morgan fingerprint density at radius 1 is 0.903 bits per heavy atom. The third-order valence-electron chi connectivity index (χ3n) is 6.67. The molecule has 0 aromatic heterocycles. The number of benzene rings is 2. The molecule has 1 aliphatic heterocycles. The highest BCUT2D eigenvalue weighted by Crippen LogP contribution is 2.42. The first-order valence-corrected chi connectivity index (χ1v) is 12.4. The molecule has 3 heteroatoms. The van der Waals surface area contributed by atoms with Gasteiger partial charge in [-0.05, 0) is 62.0 Å². The lowest BCUT2D eigenvalue weighted by Crippen LogP contribution is -2.42. The van der Waals surface area contributed by atoms with Crippen LogP contribution >= 0.6 is 0 Å². The minimum atomic E-state index is -0.895. The molecular formula is C28H41NO2. The van der Waals surface area contributed by atoms with E-state index < -0.39 is 5.60 Å². The van der Waals surface area contributed by atoms with Gasteiger partial charge in [0.25, 0.3) is 0 Å². The van der Waals surface area contributed by atoms with Gasteiger partial charge in [0.15, 0.2) is 0 Å². The molecule has 0 spiro atoms. The van der Waals surface area contributed by atoms with Gasteiger partial charge in [-0.15, -0.1) is 0 Å². The van der Waals surface area contributed by atoms with Crippen molar-refractivity contribution in [3.8, 4) is 5.75 Å². The highest BCUT2D eigenvalue weighted by Gasteiger charge is 2.39. The van der Waals surface area contributed by atoms with Crippen LogP contribution in [0.15, 0.2) is 54.6 Å². The minimum absolute atomic E-state index is 0.0445. The van der Waals surface area contributed by atoms with Crippen molar-refractivity contribution in [3.63, 3.8) is 0 Å². The van der Waals surface area contributed by atoms with E-state index in [0.29, 0.717) is 0 Å². The van der Waals surface area contributed by atoms with Crippen LogP contribution in [0.2, 0.25) is 0 Å². The Morgan fingerprint density at radius 3 is 2.26 bits per heavy atom. The average Bonchev–Trinajstić information content (AvgIpc) is 2.82. The molecule has 0 aliphatic carbocycles. The van der Waals surface area contributed by atoms with Gasteiger partial charge in [-0.2, -0.15) is 0 Å². The van der Waals surface area contributed by atoms with Gasteiger partial charge in [-0.3, -0.25) is 0 Å². The van der Waals surface area contributed by atoms with Gasteiger partial charge in [-0.1, -0.05) is 82.0 Å². The molecule has 1 aliphatic rings. The molecule has 1 heterocycles. The van der Waals surface area contributed by atoms with E-state index in [1.807, 2.05) is 12.1 Å². The van der Waals surface area contributed by atoms with Crippen molar-refractivity contribution < 1.29 is 9.84 Å². The van der Waals surface area contributed by atoms with Crippen LogP contribution in [0.25, 0.3) is 0 Å². The Morgan fingerprint density at radius 2 is 1.61 bits per heavy atom. The van der Waals surface area contributed by atoms with Crippen molar-refractivity contribution in [1.29, 1.82) is 0 Å². The van der Waals surface area contributed by atoms with Gasteiger partial charge in [0.2, 0.25) is 0 Å². The van der Waals surface area contributed by atoms with Crippen molar-refractivity contribution in [2.75, 3.05) is 26.2 Å². The predicted octanol–water partition coefficient (Wildman–Crippen LogP) is 6.51. The van der Waals surface area contributed by atoms with Gasteiger partial charge < -0.3 is 14.7 Å². The second-order valence-corrected chi connectivity index (χ2v) is 9.08. The Balaban J connectivity index is 1.85. The fourth-order valence-electron chi connectivity index (χ4n) is 4.90. The smallest absolute Gasteiger partial charge is 0.119 e. The molecule has 0 saturated carbocycles. The van der Waals surface area contributed by atoms with Crippen molar-refractivity contribution in [3.05, 3.63) is 65.7 Å². The minimum Gasteiger partial charge on any atom is -0.494 e. The van der Waals surface area contributed by atoms with Crippen LogP contribution in [0, 0.1) is 0 Å². The summed E-state index contributed by atoms with van der Waals surface area (Å²) < 4.78 is 5.91. The van der Waals surface area contributed by atoms with E-state index in [1.54, 1.807) is 0 Å². The van der Waals surface area contributed by atoms with E-state index in [0.717, 1.165) is 56.8 Å². The van der Waals surface area contributed by atoms with E-state index in [9.17, 15) is 5.11 Å². The van der Waals surface area contributed by atoms with Gasteiger partial charge in [-0.25, -0.2) is 0 Å². The van der Waals surface area contributed by atoms with Crippen LogP contribution in [0.3, 0.4) is 0 Å². The normalized spacial score (nSPS) is 17.8. The molecule has 1 N–H and O–H groups in total. The lowest BCUT2D eigenvalue weighted by Gasteiger charge is -2.41. The van der Waals surface area contributed by atoms with E-state index in [2.05, 4.69) is 61.2 Å². The number of rotatable bonds is 12. The lowest BCUT2D eigenvalue weighted by atomic mass is 9.74. The molecule has 2 aromatic carbocycles. The SMILES string of the molecule is CCCCCOc1ccc([C@](O)(CCC)[C@H](CN2CCCCC2)c2ccccc2)cc1. The van der Waals surface area contributed by atoms with Gasteiger partial charge >= 0.3 is 0 Å². The molecule has 1 saturated heterocycles. The molecule has 2 aromatic rings. The maximum atomic E-state index is 12.2. The third kappa shape index (κ3) is 6.57. The first-order valence-electron chi connectivity index (χ1n) is 12.4. The zero-order chi connectivity index (χ0) is 21.9. The van der Waals surface area contributed by atoms with Crippen LogP contribution in [-0.4, -0.2) is 36.2 Å². The fourth-order valence-corrected chi connectivity index (χ4v) is 4.90. The summed E-state index contributed by atoms with van der Waals surface area (Å²) in [5.41, 5.74) is 1.33. The van der Waals surface area contributed by atoms with Crippen LogP contribution in [0.1, 0.15) is 82.3 Å². The van der Waals surface area contributed by atoms with E-state index in [1.165, 1.54) is 37.7 Å². The summed E-state index contributed by atoms with van der Waals surface area (Å²) in [7, 11) is 0. The summed E-state index contributed by atoms with van der Waals surface area (Å²) in [5, 5.41) is 12.2. The molecule has 2 atom stereocenters. The maximum absolute atomic E-state index is 12.2. The highest BCUT2D eigenvalue weighted by molar-refractivity contribution is 5.35. The molecule has 0 bridgehead atoms. The third-order valence-corrected chi connectivity index (χ3v) is 6.67. The summed E-state index contributed by atoms with van der Waals surface area (Å²) in [4.78, 5) is 2.55. The van der Waals surface area contributed by atoms with E-state index in [4.69, 9.17) is 4.74 Å². The Kier molecular flexibility index (Phi) is 9.42. The number of aliphatic hydroxyl groups is 1. The second-order valence-electron chi connectivity index (χ2n) is 9.08. The lowest BCUT2D eigenvalue weighted by molar-refractivity contribution is -0.0152. The predicted molar refractivity (Wildman–Crippen MR) is 130 cm³/mol. The topological polar surface area (TPSA) is 32.7 Å². The van der Waals surface area contributed by atoms with Crippen LogP contribution in [0.4, 0.5) is 0 Å². The summed E-state index contributed by atoms with van der Waals surface area (Å²) in [6.07, 6.45) is 9.02. The van der Waals surface area contributed by atoms with Gasteiger partial charge in [0, 0.05) is 12.5 Å². The Hall–Kier alpha value is -1.84. The van der Waals surface area contributed by atoms with Crippen LogP contribution < -0.4 is 4.74 Å². The summed E-state index contributed by atoms with van der Waals surface area (Å²) in [6.45, 7) is 8.30. The molecule has 31 heavy (non-hydrogen) atoms. The molecule has 170 valence electrons. The van der Waals surface area contributed by atoms with Crippen molar-refractivity contribution >= 4 is 0 Å². The zero-order valence-electron chi connectivity index (χ0n) is 19.6. The maximum Gasteiger partial charge on any atom is 0.119 e. The largest absolute Gasteiger partial charge is 0.494 e. The van der Waals surface area contributed by atoms with Crippen molar-refractivity contribution in [2.45, 2.75) is 76.7 Å². The van der Waals surface area contributed by atoms with Gasteiger partial charge in [0.05, 0.1) is 12.2 Å². The Labute approximate surface area is 189 Å². The molecule has 0 unspecified atom stereocenters. The second kappa shape index (κ2) is 12.3. The fraction of sp³-hybridized carbons (Fsp3) is 0.571. The molecule has 0 radical (unpaired) electrons. The zero-order valence-corrected chi connectivity index (χ0v) is 19.6. The van der Waals surface area contributed by atoms with Crippen LogP contribution in [0.5, 0.6) is 5.75 Å². The molecule has 0 amide bonds. The summed E-state index contributed by atoms with van der Waals surface area (Å²) in [5.74, 6) is 0.939. The molecule has 3 nitrogen and oxygen atoms in total. The average molecular weight is 424 g/mol. The number of ether oxygens (including phenoxy) is 1. The van der Waals surface area contributed by atoms with E-state index in [-0.39, 0.29) is 5.92 Å². The van der Waals surface area contributed by atoms with E-state index >= 15 is 0 Å². The number of hydrogen-bond acceptors (Lipinski definition) is 3. The molecule has 3 rings (SSSR count). The molecular weight excluding hydrogens is 382 g/mol. The van der Waals surface area contributed by atoms with Crippen LogP contribution in [-0.2, 0) is 5.60 Å². The first kappa shape index (κ1) is 23.8. The first-order chi connectivity index (χ1) is 15.2. The summed E-state index contributed by atoms with van der Waals surface area (Å²) in [6, 6.07) is 18.8. The van der Waals surface area contributed by atoms with Crippen molar-refractivity contribution in [1.82, 2.24) is 4.90 Å². The highest BCUT2D eigenvalue weighted by atomic mass is 16.5.